The average molecular weight is 311 g/mol. The van der Waals surface area contributed by atoms with Crippen LogP contribution in [0.4, 0.5) is 0 Å². The van der Waals surface area contributed by atoms with Gasteiger partial charge in [-0.15, -0.1) is 0 Å². The molecule has 0 heterocycles. The first-order valence-corrected chi connectivity index (χ1v) is 6.76. The molecular weight excluding hydrogens is 296 g/mol. The molecule has 0 atom stereocenters. The highest BCUT2D eigenvalue weighted by Crippen LogP contribution is 2.16. The zero-order valence-electron chi connectivity index (χ0n) is 9.99. The Morgan fingerprint density at radius 1 is 1.28 bits per heavy atom. The van der Waals surface area contributed by atoms with Gasteiger partial charge in [-0.2, -0.15) is 5.10 Å². The molecule has 5 heteroatoms. The molecule has 1 aromatic rings. The second-order valence-corrected chi connectivity index (χ2v) is 5.08. The van der Waals surface area contributed by atoms with Gasteiger partial charge < -0.3 is 4.74 Å². The van der Waals surface area contributed by atoms with Crippen molar-refractivity contribution in [1.82, 2.24) is 5.43 Å². The maximum atomic E-state index is 11.5. The second-order valence-electron chi connectivity index (χ2n) is 4.16. The second kappa shape index (κ2) is 6.54. The molecule has 1 aromatic carbocycles. The van der Waals surface area contributed by atoms with Crippen LogP contribution in [-0.2, 0) is 4.79 Å². The molecule has 96 valence electrons. The van der Waals surface area contributed by atoms with Crippen molar-refractivity contribution < 1.29 is 9.53 Å². The molecule has 1 aliphatic rings. The Balaban J connectivity index is 1.74. The van der Waals surface area contributed by atoms with E-state index in [-0.39, 0.29) is 12.5 Å². The van der Waals surface area contributed by atoms with Gasteiger partial charge in [-0.05, 0) is 49.9 Å². The molecule has 0 spiro atoms. The lowest BCUT2D eigenvalue weighted by molar-refractivity contribution is -0.123. The Labute approximate surface area is 115 Å². The number of ether oxygens (including phenoxy) is 1. The highest BCUT2D eigenvalue weighted by molar-refractivity contribution is 9.10. The number of rotatable bonds is 4. The van der Waals surface area contributed by atoms with Crippen LogP contribution in [0.3, 0.4) is 0 Å². The lowest BCUT2D eigenvalue weighted by Gasteiger charge is -2.05. The predicted octanol–water partition coefficient (Wildman–Crippen LogP) is 2.87. The molecule has 0 aromatic heterocycles. The number of amides is 1. The Kier molecular flexibility index (Phi) is 4.75. The van der Waals surface area contributed by atoms with Crippen molar-refractivity contribution in [1.29, 1.82) is 0 Å². The molecule has 0 bridgehead atoms. The lowest BCUT2D eigenvalue weighted by Crippen LogP contribution is -2.25. The summed E-state index contributed by atoms with van der Waals surface area (Å²) in [6.07, 6.45) is 4.33. The summed E-state index contributed by atoms with van der Waals surface area (Å²) in [7, 11) is 0. The molecule has 0 saturated heterocycles. The molecule has 1 amide bonds. The summed E-state index contributed by atoms with van der Waals surface area (Å²) < 4.78 is 6.31. The third-order valence-electron chi connectivity index (χ3n) is 2.70. The van der Waals surface area contributed by atoms with Gasteiger partial charge in [0.05, 0.1) is 0 Å². The number of nitrogens with zero attached hydrogens (tertiary/aromatic N) is 1. The molecular formula is C13H15BrN2O2. The minimum absolute atomic E-state index is 0.0155. The standard InChI is InChI=1S/C13H15BrN2O2/c14-10-5-7-12(8-6-10)18-9-13(17)16-15-11-3-1-2-4-11/h5-8H,1-4,9H2,(H,16,17). The number of hydrogen-bond donors (Lipinski definition) is 1. The Bertz CT molecular complexity index is 435. The molecule has 2 rings (SSSR count). The van der Waals surface area contributed by atoms with Gasteiger partial charge in [0.2, 0.25) is 0 Å². The zero-order chi connectivity index (χ0) is 12.8. The largest absolute Gasteiger partial charge is 0.484 e. The fraction of sp³-hybridized carbons (Fsp3) is 0.385. The summed E-state index contributed by atoms with van der Waals surface area (Å²) in [4.78, 5) is 11.5. The van der Waals surface area contributed by atoms with Crippen LogP contribution in [0.5, 0.6) is 5.75 Å². The molecule has 0 unspecified atom stereocenters. The van der Waals surface area contributed by atoms with Crippen molar-refractivity contribution in [3.63, 3.8) is 0 Å². The summed E-state index contributed by atoms with van der Waals surface area (Å²) in [6.45, 7) is -0.0155. The maximum absolute atomic E-state index is 11.5. The minimum Gasteiger partial charge on any atom is -0.484 e. The number of benzene rings is 1. The van der Waals surface area contributed by atoms with E-state index in [0.717, 1.165) is 23.0 Å². The first-order chi connectivity index (χ1) is 8.74. The van der Waals surface area contributed by atoms with Crippen molar-refractivity contribution in [3.05, 3.63) is 28.7 Å². The minimum atomic E-state index is -0.225. The van der Waals surface area contributed by atoms with Crippen molar-refractivity contribution in [3.8, 4) is 5.75 Å². The van der Waals surface area contributed by atoms with E-state index in [9.17, 15) is 4.79 Å². The van der Waals surface area contributed by atoms with E-state index in [0.29, 0.717) is 5.75 Å². The van der Waals surface area contributed by atoms with E-state index < -0.39 is 0 Å². The number of hydrazone groups is 1. The van der Waals surface area contributed by atoms with Gasteiger partial charge in [0, 0.05) is 10.2 Å². The van der Waals surface area contributed by atoms with Gasteiger partial charge in [0.25, 0.3) is 5.91 Å². The van der Waals surface area contributed by atoms with Crippen molar-refractivity contribution in [2.75, 3.05) is 6.61 Å². The summed E-state index contributed by atoms with van der Waals surface area (Å²) >= 11 is 3.34. The first kappa shape index (κ1) is 13.1. The number of carbonyl (C=O) groups is 1. The smallest absolute Gasteiger partial charge is 0.277 e. The molecule has 0 radical (unpaired) electrons. The molecule has 1 N–H and O–H groups in total. The molecule has 4 nitrogen and oxygen atoms in total. The third kappa shape index (κ3) is 4.14. The summed E-state index contributed by atoms with van der Waals surface area (Å²) in [5, 5.41) is 4.08. The van der Waals surface area contributed by atoms with Crippen LogP contribution >= 0.6 is 15.9 Å². The molecule has 1 fully saturated rings. The van der Waals surface area contributed by atoms with Crippen LogP contribution in [0.15, 0.2) is 33.8 Å². The number of halogens is 1. The van der Waals surface area contributed by atoms with Crippen LogP contribution in [0.1, 0.15) is 25.7 Å². The third-order valence-corrected chi connectivity index (χ3v) is 3.23. The van der Waals surface area contributed by atoms with Crippen molar-refractivity contribution >= 4 is 27.5 Å². The Morgan fingerprint density at radius 3 is 2.61 bits per heavy atom. The topological polar surface area (TPSA) is 50.7 Å². The number of nitrogens with one attached hydrogen (secondary N) is 1. The summed E-state index contributed by atoms with van der Waals surface area (Å²) in [5.41, 5.74) is 3.60. The highest BCUT2D eigenvalue weighted by Gasteiger charge is 2.09. The molecule has 0 aliphatic heterocycles. The van der Waals surface area contributed by atoms with Gasteiger partial charge in [-0.1, -0.05) is 15.9 Å². The highest BCUT2D eigenvalue weighted by atomic mass is 79.9. The molecule has 1 saturated carbocycles. The van der Waals surface area contributed by atoms with Crippen LogP contribution in [0.25, 0.3) is 0 Å². The molecule has 18 heavy (non-hydrogen) atoms. The van der Waals surface area contributed by atoms with E-state index in [1.54, 1.807) is 12.1 Å². The van der Waals surface area contributed by atoms with Gasteiger partial charge >= 0.3 is 0 Å². The Hall–Kier alpha value is -1.36. The fourth-order valence-corrected chi connectivity index (χ4v) is 2.01. The van der Waals surface area contributed by atoms with Gasteiger partial charge in [-0.3, -0.25) is 4.79 Å². The average Bonchev–Trinajstić information content (AvgIpc) is 2.89. The van der Waals surface area contributed by atoms with Crippen LogP contribution in [0, 0.1) is 0 Å². The van der Waals surface area contributed by atoms with Crippen LogP contribution in [-0.4, -0.2) is 18.2 Å². The van der Waals surface area contributed by atoms with Crippen molar-refractivity contribution in [2.45, 2.75) is 25.7 Å². The molecule has 1 aliphatic carbocycles. The van der Waals surface area contributed by atoms with E-state index in [1.807, 2.05) is 12.1 Å². The van der Waals surface area contributed by atoms with E-state index in [1.165, 1.54) is 12.8 Å². The SMILES string of the molecule is O=C(COc1ccc(Br)cc1)NN=C1CCCC1. The normalized spacial score (nSPS) is 14.4. The van der Waals surface area contributed by atoms with Crippen LogP contribution in [0.2, 0.25) is 0 Å². The lowest BCUT2D eigenvalue weighted by atomic mass is 10.3. The van der Waals surface area contributed by atoms with Gasteiger partial charge in [0.1, 0.15) is 5.75 Å². The zero-order valence-corrected chi connectivity index (χ0v) is 11.6. The predicted molar refractivity (Wildman–Crippen MR) is 73.7 cm³/mol. The fourth-order valence-electron chi connectivity index (χ4n) is 1.75. The number of carbonyl (C=O) groups excluding carboxylic acids is 1. The van der Waals surface area contributed by atoms with E-state index in [2.05, 4.69) is 26.5 Å². The van der Waals surface area contributed by atoms with Gasteiger partial charge in [0.15, 0.2) is 6.61 Å². The maximum Gasteiger partial charge on any atom is 0.277 e. The first-order valence-electron chi connectivity index (χ1n) is 5.97. The van der Waals surface area contributed by atoms with E-state index >= 15 is 0 Å². The summed E-state index contributed by atoms with van der Waals surface area (Å²) in [6, 6.07) is 7.35. The van der Waals surface area contributed by atoms with Crippen LogP contribution < -0.4 is 10.2 Å². The Morgan fingerprint density at radius 2 is 1.94 bits per heavy atom. The van der Waals surface area contributed by atoms with Crippen molar-refractivity contribution in [2.24, 2.45) is 5.10 Å². The van der Waals surface area contributed by atoms with Gasteiger partial charge in [-0.25, -0.2) is 5.43 Å². The monoisotopic (exact) mass is 310 g/mol. The number of hydrogen-bond acceptors (Lipinski definition) is 3. The quantitative estimate of drug-likeness (QED) is 0.869. The van der Waals surface area contributed by atoms with E-state index in [4.69, 9.17) is 4.74 Å². The summed E-state index contributed by atoms with van der Waals surface area (Å²) in [5.74, 6) is 0.444.